The van der Waals surface area contributed by atoms with E-state index >= 15 is 0 Å². The highest BCUT2D eigenvalue weighted by molar-refractivity contribution is 9.10. The molecule has 2 rings (SSSR count). The van der Waals surface area contributed by atoms with E-state index in [4.69, 9.17) is 10.00 Å². The van der Waals surface area contributed by atoms with E-state index in [0.717, 1.165) is 18.3 Å². The van der Waals surface area contributed by atoms with E-state index in [1.54, 1.807) is 6.07 Å². The van der Waals surface area contributed by atoms with Crippen LogP contribution in [0.1, 0.15) is 5.56 Å². The van der Waals surface area contributed by atoms with Crippen LogP contribution in [0.3, 0.4) is 0 Å². The predicted molar refractivity (Wildman–Crippen MR) is 69.8 cm³/mol. The number of hydrogen-bond donors (Lipinski definition) is 0. The molecule has 0 amide bonds. The largest absolute Gasteiger partial charge is 0.434 e. The molecule has 2 aromatic rings. The van der Waals surface area contributed by atoms with Crippen LogP contribution >= 0.6 is 15.9 Å². The van der Waals surface area contributed by atoms with Gasteiger partial charge in [-0.05, 0) is 12.1 Å². The van der Waals surface area contributed by atoms with Crippen molar-refractivity contribution in [3.05, 3.63) is 56.4 Å². The first kappa shape index (κ1) is 13.9. The first-order chi connectivity index (χ1) is 9.49. The van der Waals surface area contributed by atoms with Crippen molar-refractivity contribution in [2.75, 3.05) is 0 Å². The molecular formula is C12H5BrFN3O3. The Morgan fingerprint density at radius 2 is 2.15 bits per heavy atom. The van der Waals surface area contributed by atoms with Gasteiger partial charge in [0.05, 0.1) is 10.5 Å². The molecule has 0 spiro atoms. The number of nitrogens with zero attached hydrogens (tertiary/aromatic N) is 3. The number of halogens is 2. The Labute approximate surface area is 120 Å². The van der Waals surface area contributed by atoms with E-state index in [0.29, 0.717) is 4.47 Å². The van der Waals surface area contributed by atoms with Crippen molar-refractivity contribution in [1.82, 2.24) is 4.98 Å². The van der Waals surface area contributed by atoms with E-state index in [-0.39, 0.29) is 17.2 Å². The van der Waals surface area contributed by atoms with E-state index in [1.165, 1.54) is 12.1 Å². The molecule has 20 heavy (non-hydrogen) atoms. The normalized spacial score (nSPS) is 9.85. The van der Waals surface area contributed by atoms with Crippen molar-refractivity contribution < 1.29 is 14.1 Å². The van der Waals surface area contributed by atoms with Crippen LogP contribution in [0.4, 0.5) is 10.1 Å². The highest BCUT2D eigenvalue weighted by Gasteiger charge is 2.19. The summed E-state index contributed by atoms with van der Waals surface area (Å²) in [5, 5.41) is 19.6. The topological polar surface area (TPSA) is 89.0 Å². The molecule has 0 aliphatic heterocycles. The zero-order valence-corrected chi connectivity index (χ0v) is 11.3. The van der Waals surface area contributed by atoms with Gasteiger partial charge in [0.2, 0.25) is 0 Å². The van der Waals surface area contributed by atoms with Gasteiger partial charge in [-0.2, -0.15) is 5.26 Å². The first-order valence-electron chi connectivity index (χ1n) is 5.18. The predicted octanol–water partition coefficient (Wildman–Crippen LogP) is 3.56. The summed E-state index contributed by atoms with van der Waals surface area (Å²) >= 11 is 3.08. The van der Waals surface area contributed by atoms with Gasteiger partial charge < -0.3 is 4.74 Å². The SMILES string of the molecule is N#Cc1cnc(Oc2cc(F)cc(Br)c2)c([N+](=O)[O-])c1. The number of rotatable bonds is 3. The number of nitro groups is 1. The Bertz CT molecular complexity index is 710. The van der Waals surface area contributed by atoms with E-state index in [2.05, 4.69) is 20.9 Å². The summed E-state index contributed by atoms with van der Waals surface area (Å²) < 4.78 is 18.8. The number of benzene rings is 1. The Morgan fingerprint density at radius 3 is 2.75 bits per heavy atom. The fourth-order valence-corrected chi connectivity index (χ4v) is 1.85. The molecule has 100 valence electrons. The summed E-state index contributed by atoms with van der Waals surface area (Å²) in [6.07, 6.45) is 1.14. The van der Waals surface area contributed by atoms with Gasteiger partial charge in [-0.1, -0.05) is 15.9 Å². The molecule has 0 unspecified atom stereocenters. The smallest absolute Gasteiger partial charge is 0.332 e. The summed E-state index contributed by atoms with van der Waals surface area (Å²) in [6.45, 7) is 0. The van der Waals surface area contributed by atoms with Crippen LogP contribution in [-0.2, 0) is 0 Å². The van der Waals surface area contributed by atoms with Gasteiger partial charge in [0, 0.05) is 22.8 Å². The van der Waals surface area contributed by atoms with Gasteiger partial charge in [0.25, 0.3) is 5.88 Å². The number of nitriles is 1. The minimum Gasteiger partial charge on any atom is -0.434 e. The molecule has 0 bridgehead atoms. The van der Waals surface area contributed by atoms with Gasteiger partial charge in [0.15, 0.2) is 0 Å². The maximum atomic E-state index is 13.2. The molecule has 0 aliphatic carbocycles. The summed E-state index contributed by atoms with van der Waals surface area (Å²) in [5.41, 5.74) is -0.436. The molecule has 0 aliphatic rings. The van der Waals surface area contributed by atoms with Gasteiger partial charge in [-0.25, -0.2) is 9.37 Å². The van der Waals surface area contributed by atoms with Crippen LogP contribution in [0.2, 0.25) is 0 Å². The number of hydrogen-bond acceptors (Lipinski definition) is 5. The maximum Gasteiger partial charge on any atom is 0.332 e. The minimum absolute atomic E-state index is 0.0319. The Morgan fingerprint density at radius 1 is 1.40 bits per heavy atom. The summed E-state index contributed by atoms with van der Waals surface area (Å²) in [6, 6.07) is 6.50. The van der Waals surface area contributed by atoms with Crippen molar-refractivity contribution in [1.29, 1.82) is 5.26 Å². The van der Waals surface area contributed by atoms with Gasteiger partial charge in [0.1, 0.15) is 17.6 Å². The van der Waals surface area contributed by atoms with Crippen molar-refractivity contribution in [3.63, 3.8) is 0 Å². The third-order valence-corrected chi connectivity index (χ3v) is 2.67. The molecule has 1 aromatic carbocycles. The van der Waals surface area contributed by atoms with E-state index in [1.807, 2.05) is 0 Å². The monoisotopic (exact) mass is 337 g/mol. The van der Waals surface area contributed by atoms with Crippen molar-refractivity contribution in [2.24, 2.45) is 0 Å². The molecule has 8 heteroatoms. The third-order valence-electron chi connectivity index (χ3n) is 2.21. The van der Waals surface area contributed by atoms with Crippen LogP contribution in [-0.4, -0.2) is 9.91 Å². The van der Waals surface area contributed by atoms with Gasteiger partial charge in [-0.3, -0.25) is 10.1 Å². The zero-order valence-electron chi connectivity index (χ0n) is 9.71. The standard InChI is InChI=1S/C12H5BrFN3O3/c13-8-2-9(14)4-10(3-8)20-12-11(17(18)19)1-7(5-15)6-16-12/h1-4,6H. The minimum atomic E-state index is -0.725. The molecule has 1 aromatic heterocycles. The number of ether oxygens (including phenoxy) is 1. The highest BCUT2D eigenvalue weighted by atomic mass is 79.9. The maximum absolute atomic E-state index is 13.2. The van der Waals surface area contributed by atoms with E-state index < -0.39 is 16.4 Å². The lowest BCUT2D eigenvalue weighted by molar-refractivity contribution is -0.386. The van der Waals surface area contributed by atoms with Gasteiger partial charge >= 0.3 is 5.69 Å². The Balaban J connectivity index is 2.43. The van der Waals surface area contributed by atoms with Crippen LogP contribution in [0.25, 0.3) is 0 Å². The average Bonchev–Trinajstić information content (AvgIpc) is 2.37. The van der Waals surface area contributed by atoms with Crippen molar-refractivity contribution >= 4 is 21.6 Å². The molecular weight excluding hydrogens is 333 g/mol. The third kappa shape index (κ3) is 3.07. The average molecular weight is 338 g/mol. The van der Waals surface area contributed by atoms with Crippen LogP contribution in [0, 0.1) is 27.3 Å². The molecule has 0 fully saturated rings. The first-order valence-corrected chi connectivity index (χ1v) is 5.97. The molecule has 0 radical (unpaired) electrons. The van der Waals surface area contributed by atoms with Crippen LogP contribution in [0.5, 0.6) is 11.6 Å². The van der Waals surface area contributed by atoms with E-state index in [9.17, 15) is 14.5 Å². The quantitative estimate of drug-likeness (QED) is 0.631. The lowest BCUT2D eigenvalue weighted by atomic mass is 10.3. The van der Waals surface area contributed by atoms with Crippen molar-refractivity contribution in [3.8, 4) is 17.7 Å². The molecule has 0 saturated heterocycles. The van der Waals surface area contributed by atoms with Crippen molar-refractivity contribution in [2.45, 2.75) is 0 Å². The van der Waals surface area contributed by atoms with Crippen LogP contribution in [0.15, 0.2) is 34.9 Å². The molecule has 0 atom stereocenters. The molecule has 0 saturated carbocycles. The Hall–Kier alpha value is -2.53. The second-order valence-electron chi connectivity index (χ2n) is 3.62. The summed E-state index contributed by atoms with van der Waals surface area (Å²) in [7, 11) is 0. The lowest BCUT2D eigenvalue weighted by Gasteiger charge is -2.06. The molecule has 1 heterocycles. The number of aromatic nitrogens is 1. The summed E-state index contributed by atoms with van der Waals surface area (Å²) in [5.74, 6) is -0.825. The highest BCUT2D eigenvalue weighted by Crippen LogP contribution is 2.31. The second-order valence-corrected chi connectivity index (χ2v) is 4.54. The fraction of sp³-hybridized carbons (Fsp3) is 0. The summed E-state index contributed by atoms with van der Waals surface area (Å²) in [4.78, 5) is 13.9. The van der Waals surface area contributed by atoms with Crippen LogP contribution < -0.4 is 4.74 Å². The fourth-order valence-electron chi connectivity index (χ4n) is 1.41. The lowest BCUT2D eigenvalue weighted by Crippen LogP contribution is -1.97. The zero-order chi connectivity index (χ0) is 14.7. The second kappa shape index (κ2) is 5.63. The molecule has 0 N–H and O–H groups in total. The van der Waals surface area contributed by atoms with Gasteiger partial charge in [-0.15, -0.1) is 0 Å². The number of pyridine rings is 1. The Kier molecular flexibility index (Phi) is 3.91. The molecule has 6 nitrogen and oxygen atoms in total.